The number of aromatic hydroxyl groups is 1. The maximum absolute atomic E-state index is 13.9. The smallest absolute Gasteiger partial charge is 0.416 e. The number of ether oxygens (including phenoxy) is 1. The molecule has 2 N–H and O–H groups in total. The first kappa shape index (κ1) is 25.5. The fourth-order valence-electron chi connectivity index (χ4n) is 5.86. The van der Waals surface area contributed by atoms with Gasteiger partial charge in [0.1, 0.15) is 11.6 Å². The number of carbonyl (C=O) groups is 1. The minimum absolute atomic E-state index is 0.124. The number of piperidine rings is 1. The third kappa shape index (κ3) is 4.56. The molecule has 3 aliphatic rings. The van der Waals surface area contributed by atoms with Crippen molar-refractivity contribution in [2.45, 2.75) is 49.2 Å². The van der Waals surface area contributed by atoms with Gasteiger partial charge in [-0.25, -0.2) is 9.97 Å². The molecule has 0 bridgehead atoms. The summed E-state index contributed by atoms with van der Waals surface area (Å²) in [7, 11) is 0. The molecule has 1 amide bonds. The summed E-state index contributed by atoms with van der Waals surface area (Å²) in [5.41, 5.74) is -0.772. The number of alkyl halides is 3. The van der Waals surface area contributed by atoms with Crippen LogP contribution in [0.15, 0.2) is 53.0 Å². The molecular formula is C27H27F3N6O3. The zero-order valence-corrected chi connectivity index (χ0v) is 21.0. The van der Waals surface area contributed by atoms with Crippen molar-refractivity contribution in [3.05, 3.63) is 65.3 Å². The largest absolute Gasteiger partial charge is 0.508 e. The van der Waals surface area contributed by atoms with E-state index in [1.54, 1.807) is 11.1 Å². The van der Waals surface area contributed by atoms with Crippen LogP contribution in [0.3, 0.4) is 0 Å². The number of halogens is 3. The third-order valence-electron chi connectivity index (χ3n) is 7.92. The molecule has 3 aromatic rings. The predicted octanol–water partition coefficient (Wildman–Crippen LogP) is 5.16. The van der Waals surface area contributed by atoms with Crippen molar-refractivity contribution >= 4 is 17.1 Å². The highest BCUT2D eigenvalue weighted by molar-refractivity contribution is 5.91. The minimum Gasteiger partial charge on any atom is -0.508 e. The summed E-state index contributed by atoms with van der Waals surface area (Å²) in [5.74, 6) is 0.217. The second kappa shape index (κ2) is 9.74. The summed E-state index contributed by atoms with van der Waals surface area (Å²) in [6, 6.07) is 4.81. The van der Waals surface area contributed by atoms with Crippen LogP contribution in [0.4, 0.5) is 13.2 Å². The Hall–Kier alpha value is -3.80. The van der Waals surface area contributed by atoms with E-state index in [0.717, 1.165) is 41.9 Å². The van der Waals surface area contributed by atoms with Crippen molar-refractivity contribution in [2.75, 3.05) is 26.3 Å². The Morgan fingerprint density at radius 1 is 1.10 bits per heavy atom. The number of aromatic amines is 1. The molecule has 0 aliphatic carbocycles. The van der Waals surface area contributed by atoms with E-state index in [0.29, 0.717) is 56.8 Å². The first-order chi connectivity index (χ1) is 18.8. The number of imidazole rings is 1. The Morgan fingerprint density at radius 3 is 2.56 bits per heavy atom. The number of fused-ring (bicyclic) bond motifs is 1. The molecule has 0 spiro atoms. The molecule has 9 nitrogen and oxygen atoms in total. The minimum atomic E-state index is -4.79. The third-order valence-corrected chi connectivity index (χ3v) is 7.92. The Balaban J connectivity index is 1.24. The van der Waals surface area contributed by atoms with Crippen LogP contribution in [0.2, 0.25) is 0 Å². The number of likely N-dealkylation sites (tertiary alicyclic amines) is 1. The van der Waals surface area contributed by atoms with E-state index in [1.165, 1.54) is 12.3 Å². The second-order valence-corrected chi connectivity index (χ2v) is 10.2. The van der Waals surface area contributed by atoms with Crippen LogP contribution in [-0.4, -0.2) is 57.2 Å². The van der Waals surface area contributed by atoms with Crippen LogP contribution >= 0.6 is 0 Å². The number of azo groups is 1. The zero-order valence-electron chi connectivity index (χ0n) is 21.0. The second-order valence-electron chi connectivity index (χ2n) is 10.2. The van der Waals surface area contributed by atoms with Gasteiger partial charge in [-0.05, 0) is 61.4 Å². The molecule has 1 unspecified atom stereocenters. The van der Waals surface area contributed by atoms with Crippen LogP contribution in [0.5, 0.6) is 5.75 Å². The van der Waals surface area contributed by atoms with Crippen molar-refractivity contribution < 1.29 is 27.8 Å². The number of rotatable bonds is 4. The molecule has 2 saturated heterocycles. The molecule has 3 aliphatic heterocycles. The van der Waals surface area contributed by atoms with Crippen LogP contribution < -0.4 is 0 Å². The van der Waals surface area contributed by atoms with Crippen LogP contribution in [0, 0.1) is 0 Å². The van der Waals surface area contributed by atoms with E-state index in [2.05, 4.69) is 20.2 Å². The standard InChI is InChI=1S/C27H27F3N6O3/c28-27(29,30)21-15-18(37)1-2-20(21)26(8-10-32-35-26)25(38)36-11-4-16(5-12-36)19-3-9-31-24-22(19)33-23(34-24)17-6-13-39-14-7-17/h1-3,8-10,15-17,37H,4-7,11-14H2,(H,31,33,34). The van der Waals surface area contributed by atoms with Gasteiger partial charge in [-0.2, -0.15) is 23.4 Å². The number of phenolic OH excluding ortho intramolecular Hbond substituents is 1. The first-order valence-electron chi connectivity index (χ1n) is 13.0. The fourth-order valence-corrected chi connectivity index (χ4v) is 5.86. The molecule has 2 aromatic heterocycles. The number of phenols is 1. The van der Waals surface area contributed by atoms with Gasteiger partial charge in [-0.1, -0.05) is 6.07 Å². The van der Waals surface area contributed by atoms with Gasteiger partial charge >= 0.3 is 6.18 Å². The quantitative estimate of drug-likeness (QED) is 0.475. The number of aromatic nitrogens is 3. The fraction of sp³-hybridized carbons (Fsp3) is 0.444. The molecule has 0 radical (unpaired) electrons. The Labute approximate surface area is 221 Å². The van der Waals surface area contributed by atoms with Crippen molar-refractivity contribution in [3.63, 3.8) is 0 Å². The van der Waals surface area contributed by atoms with Gasteiger partial charge in [0, 0.05) is 50.2 Å². The predicted molar refractivity (Wildman–Crippen MR) is 134 cm³/mol. The molecule has 2 fully saturated rings. The van der Waals surface area contributed by atoms with E-state index in [1.807, 2.05) is 6.07 Å². The SMILES string of the molecule is O=C(N1CCC(c2ccnc3nc(C4CCOCC4)[nH]c23)CC1)C1(c2ccc(O)cc2C(F)(F)F)C=CN=N1. The Morgan fingerprint density at radius 2 is 1.87 bits per heavy atom. The zero-order chi connectivity index (χ0) is 27.2. The maximum Gasteiger partial charge on any atom is 0.416 e. The first-order valence-corrected chi connectivity index (χ1v) is 13.0. The average molecular weight is 541 g/mol. The normalized spacial score (nSPS) is 22.7. The van der Waals surface area contributed by atoms with Gasteiger partial charge in [0.25, 0.3) is 5.91 Å². The van der Waals surface area contributed by atoms with Crippen LogP contribution in [0.25, 0.3) is 11.2 Å². The number of pyridine rings is 1. The monoisotopic (exact) mass is 540 g/mol. The summed E-state index contributed by atoms with van der Waals surface area (Å²) < 4.78 is 47.1. The highest BCUT2D eigenvalue weighted by atomic mass is 19.4. The van der Waals surface area contributed by atoms with Crippen molar-refractivity contribution in [3.8, 4) is 5.75 Å². The lowest BCUT2D eigenvalue weighted by molar-refractivity contribution is -0.141. The van der Waals surface area contributed by atoms with Gasteiger partial charge in [0.05, 0.1) is 11.1 Å². The Bertz CT molecular complexity index is 1440. The molecule has 39 heavy (non-hydrogen) atoms. The van der Waals surface area contributed by atoms with E-state index in [-0.39, 0.29) is 11.5 Å². The maximum atomic E-state index is 13.9. The highest BCUT2D eigenvalue weighted by Crippen LogP contribution is 2.44. The summed E-state index contributed by atoms with van der Waals surface area (Å²) in [5, 5.41) is 17.5. The van der Waals surface area contributed by atoms with E-state index in [9.17, 15) is 23.1 Å². The van der Waals surface area contributed by atoms with Crippen LogP contribution in [-0.2, 0) is 21.2 Å². The number of hydrogen-bond donors (Lipinski definition) is 2. The van der Waals surface area contributed by atoms with Gasteiger partial charge in [-0.3, -0.25) is 4.79 Å². The lowest BCUT2D eigenvalue weighted by Gasteiger charge is -2.37. The van der Waals surface area contributed by atoms with Gasteiger partial charge in [0.2, 0.25) is 5.54 Å². The van der Waals surface area contributed by atoms with Crippen LogP contribution in [0.1, 0.15) is 60.0 Å². The number of nitrogens with one attached hydrogen (secondary N) is 1. The number of H-pyrrole nitrogens is 1. The number of benzene rings is 1. The summed E-state index contributed by atoms with van der Waals surface area (Å²) in [6.45, 7) is 2.11. The molecule has 0 saturated carbocycles. The van der Waals surface area contributed by atoms with Gasteiger partial charge < -0.3 is 19.7 Å². The number of nitrogens with zero attached hydrogens (tertiary/aromatic N) is 5. The number of carbonyl (C=O) groups excluding carboxylic acids is 1. The Kier molecular flexibility index (Phi) is 6.37. The summed E-state index contributed by atoms with van der Waals surface area (Å²) in [4.78, 5) is 28.0. The van der Waals surface area contributed by atoms with E-state index in [4.69, 9.17) is 9.72 Å². The lowest BCUT2D eigenvalue weighted by atomic mass is 9.83. The van der Waals surface area contributed by atoms with Crippen molar-refractivity contribution in [1.29, 1.82) is 0 Å². The van der Waals surface area contributed by atoms with E-state index >= 15 is 0 Å². The lowest BCUT2D eigenvalue weighted by Crippen LogP contribution is -2.48. The van der Waals surface area contributed by atoms with Crippen molar-refractivity contribution in [2.24, 2.45) is 10.2 Å². The molecule has 12 heteroatoms. The van der Waals surface area contributed by atoms with Gasteiger partial charge in [0.15, 0.2) is 5.65 Å². The molecule has 1 atom stereocenters. The molecular weight excluding hydrogens is 513 g/mol. The molecule has 6 rings (SSSR count). The summed E-state index contributed by atoms with van der Waals surface area (Å²) >= 11 is 0. The van der Waals surface area contributed by atoms with E-state index < -0.39 is 28.9 Å². The van der Waals surface area contributed by atoms with Crippen molar-refractivity contribution in [1.82, 2.24) is 19.9 Å². The topological polar surface area (TPSA) is 116 Å². The molecule has 1 aromatic carbocycles. The highest BCUT2D eigenvalue weighted by Gasteiger charge is 2.49. The molecule has 5 heterocycles. The summed E-state index contributed by atoms with van der Waals surface area (Å²) in [6.07, 6.45) is 2.52. The molecule has 204 valence electrons. The average Bonchev–Trinajstić information content (AvgIpc) is 3.61. The number of amides is 1. The number of hydrogen-bond acceptors (Lipinski definition) is 7. The van der Waals surface area contributed by atoms with Gasteiger partial charge in [-0.15, -0.1) is 0 Å².